The lowest BCUT2D eigenvalue weighted by Crippen LogP contribution is -2.59. The van der Waals surface area contributed by atoms with Crippen molar-refractivity contribution in [2.24, 2.45) is 11.3 Å². The Morgan fingerprint density at radius 2 is 1.37 bits per heavy atom. The lowest BCUT2D eigenvalue weighted by molar-refractivity contribution is -0.135. The Morgan fingerprint density at radius 1 is 0.867 bits per heavy atom. The van der Waals surface area contributed by atoms with Crippen LogP contribution >= 0.6 is 0 Å². The highest BCUT2D eigenvalue weighted by Gasteiger charge is 2.36. The van der Waals surface area contributed by atoms with Gasteiger partial charge in [-0.05, 0) is 59.3 Å². The molecule has 6 nitrogen and oxygen atoms in total. The van der Waals surface area contributed by atoms with Gasteiger partial charge in [-0.3, -0.25) is 4.79 Å². The molecule has 1 N–H and O–H groups in total. The average Bonchev–Trinajstić information content (AvgIpc) is 2.57. The summed E-state index contributed by atoms with van der Waals surface area (Å²) in [5.74, 6) is 0.476. The number of hydrogen-bond donors (Lipinski definition) is 1. The minimum absolute atomic E-state index is 0.0428. The van der Waals surface area contributed by atoms with E-state index in [4.69, 9.17) is 18.9 Å². The third-order valence-corrected chi connectivity index (χ3v) is 5.60. The number of carbonyl (C=O) groups excluding carboxylic acids is 1. The van der Waals surface area contributed by atoms with Crippen LogP contribution in [0.4, 0.5) is 0 Å². The maximum Gasteiger partial charge on any atom is 0.223 e. The van der Waals surface area contributed by atoms with Crippen molar-refractivity contribution in [1.82, 2.24) is 5.32 Å². The van der Waals surface area contributed by atoms with Crippen molar-refractivity contribution in [2.45, 2.75) is 105 Å². The smallest absolute Gasteiger partial charge is 0.223 e. The summed E-state index contributed by atoms with van der Waals surface area (Å²) in [7, 11) is 1.62. The first-order valence-corrected chi connectivity index (χ1v) is 11.3. The largest absolute Gasteiger partial charge is 0.382 e. The van der Waals surface area contributed by atoms with E-state index in [-0.39, 0.29) is 30.0 Å². The van der Waals surface area contributed by atoms with Gasteiger partial charge in [-0.2, -0.15) is 0 Å². The van der Waals surface area contributed by atoms with Gasteiger partial charge in [-0.15, -0.1) is 0 Å². The fraction of sp³-hybridized carbons (Fsp3) is 0.958. The van der Waals surface area contributed by atoms with Crippen LogP contribution in [0.3, 0.4) is 0 Å². The minimum Gasteiger partial charge on any atom is -0.382 e. The van der Waals surface area contributed by atoms with Gasteiger partial charge in [0, 0.05) is 13.7 Å². The number of ether oxygens (including phenoxy) is 4. The van der Waals surface area contributed by atoms with Crippen molar-refractivity contribution in [3.63, 3.8) is 0 Å². The van der Waals surface area contributed by atoms with Crippen molar-refractivity contribution in [3.05, 3.63) is 0 Å². The van der Waals surface area contributed by atoms with Gasteiger partial charge in [0.05, 0.1) is 44.1 Å². The Kier molecular flexibility index (Phi) is 12.7. The molecule has 6 heteroatoms. The Balaban J connectivity index is 5.05. The number of nitrogens with one attached hydrogen (secondary N) is 1. The third-order valence-electron chi connectivity index (χ3n) is 5.60. The zero-order chi connectivity index (χ0) is 23.6. The molecule has 1 amide bonds. The van der Waals surface area contributed by atoms with E-state index in [9.17, 15) is 4.79 Å². The number of rotatable bonds is 16. The average molecular weight is 432 g/mol. The third kappa shape index (κ3) is 12.2. The SMILES string of the molecule is COCC(COC(C)C)(COC(C)C)NC(=O)CC(C)(C)OCCC(C)(C)C(C)C. The molecule has 0 aromatic carbocycles. The molecular weight excluding hydrogens is 382 g/mol. The molecule has 0 bridgehead atoms. The predicted molar refractivity (Wildman–Crippen MR) is 123 cm³/mol. The maximum absolute atomic E-state index is 12.9. The molecule has 0 radical (unpaired) electrons. The van der Waals surface area contributed by atoms with Gasteiger partial charge in [0.1, 0.15) is 5.54 Å². The van der Waals surface area contributed by atoms with E-state index in [1.54, 1.807) is 7.11 Å². The van der Waals surface area contributed by atoms with Crippen LogP contribution in [0.15, 0.2) is 0 Å². The second-order valence-corrected chi connectivity index (χ2v) is 10.7. The molecule has 180 valence electrons. The summed E-state index contributed by atoms with van der Waals surface area (Å²) in [6.45, 7) is 22.3. The molecule has 0 aliphatic rings. The summed E-state index contributed by atoms with van der Waals surface area (Å²) in [4.78, 5) is 12.9. The van der Waals surface area contributed by atoms with E-state index < -0.39 is 11.1 Å². The Hall–Kier alpha value is -0.690. The molecule has 0 saturated carbocycles. The number of hydrogen-bond acceptors (Lipinski definition) is 5. The molecule has 0 atom stereocenters. The van der Waals surface area contributed by atoms with Crippen LogP contribution in [-0.4, -0.2) is 62.8 Å². The van der Waals surface area contributed by atoms with Crippen LogP contribution in [0, 0.1) is 11.3 Å². The first kappa shape index (κ1) is 29.3. The molecule has 0 aromatic heterocycles. The molecule has 0 aliphatic heterocycles. The summed E-state index contributed by atoms with van der Waals surface area (Å²) in [5, 5.41) is 3.13. The zero-order valence-corrected chi connectivity index (χ0v) is 21.5. The highest BCUT2D eigenvalue weighted by molar-refractivity contribution is 5.77. The Bertz CT molecular complexity index is 474. The van der Waals surface area contributed by atoms with Gasteiger partial charge in [0.15, 0.2) is 0 Å². The number of methoxy groups -OCH3 is 1. The van der Waals surface area contributed by atoms with Gasteiger partial charge in [0.2, 0.25) is 5.91 Å². The van der Waals surface area contributed by atoms with Crippen molar-refractivity contribution in [3.8, 4) is 0 Å². The quantitative estimate of drug-likeness (QED) is 0.387. The molecule has 0 spiro atoms. The minimum atomic E-state index is -0.740. The zero-order valence-electron chi connectivity index (χ0n) is 21.5. The molecule has 0 unspecified atom stereocenters. The van der Waals surface area contributed by atoms with Gasteiger partial charge >= 0.3 is 0 Å². The van der Waals surface area contributed by atoms with Gasteiger partial charge in [0.25, 0.3) is 0 Å². The fourth-order valence-electron chi connectivity index (χ4n) is 2.82. The molecule has 0 aromatic rings. The molecule has 0 aliphatic carbocycles. The standard InChI is InChI=1S/C24H49NO5/c1-18(2)22(7,8)12-13-30-23(9,10)14-21(26)25-24(15-27-11,16-28-19(3)4)17-29-20(5)6/h18-20H,12-17H2,1-11H3,(H,25,26). The molecule has 30 heavy (non-hydrogen) atoms. The predicted octanol–water partition coefficient (Wildman–Crippen LogP) is 4.60. The highest BCUT2D eigenvalue weighted by atomic mass is 16.5. The second-order valence-electron chi connectivity index (χ2n) is 10.7. The summed E-state index contributed by atoms with van der Waals surface area (Å²) in [5.41, 5.74) is -1.10. The molecule has 0 rings (SSSR count). The lowest BCUT2D eigenvalue weighted by Gasteiger charge is -2.36. The van der Waals surface area contributed by atoms with E-state index in [1.165, 1.54) is 0 Å². The molecule has 0 fully saturated rings. The van der Waals surface area contributed by atoms with Crippen molar-refractivity contribution in [2.75, 3.05) is 33.5 Å². The highest BCUT2D eigenvalue weighted by Crippen LogP contribution is 2.30. The summed E-state index contributed by atoms with van der Waals surface area (Å²) < 4.78 is 23.2. The Labute approximate surface area is 185 Å². The van der Waals surface area contributed by atoms with E-state index in [2.05, 4.69) is 33.0 Å². The first-order chi connectivity index (χ1) is 13.6. The van der Waals surface area contributed by atoms with Crippen LogP contribution in [0.5, 0.6) is 0 Å². The number of amides is 1. The number of carbonyl (C=O) groups is 1. The summed E-state index contributed by atoms with van der Waals surface area (Å²) in [6, 6.07) is 0. The summed E-state index contributed by atoms with van der Waals surface area (Å²) >= 11 is 0. The van der Waals surface area contributed by atoms with Crippen molar-refractivity contribution in [1.29, 1.82) is 0 Å². The van der Waals surface area contributed by atoms with E-state index in [0.29, 0.717) is 32.3 Å². The molecular formula is C24H49NO5. The lowest BCUT2D eigenvalue weighted by atomic mass is 9.78. The Morgan fingerprint density at radius 3 is 1.77 bits per heavy atom. The molecule has 0 heterocycles. The van der Waals surface area contributed by atoms with Crippen LogP contribution in [0.2, 0.25) is 0 Å². The fourth-order valence-corrected chi connectivity index (χ4v) is 2.82. The van der Waals surface area contributed by atoms with E-state index >= 15 is 0 Å². The van der Waals surface area contributed by atoms with Gasteiger partial charge < -0.3 is 24.3 Å². The van der Waals surface area contributed by atoms with Crippen LogP contribution in [0.1, 0.15) is 82.1 Å². The van der Waals surface area contributed by atoms with Gasteiger partial charge in [-0.1, -0.05) is 27.7 Å². The maximum atomic E-state index is 12.9. The normalized spacial score (nSPS) is 13.5. The summed E-state index contributed by atoms with van der Waals surface area (Å²) in [6.07, 6.45) is 1.29. The van der Waals surface area contributed by atoms with Crippen LogP contribution < -0.4 is 5.32 Å². The van der Waals surface area contributed by atoms with Crippen molar-refractivity contribution >= 4 is 5.91 Å². The van der Waals surface area contributed by atoms with Crippen molar-refractivity contribution < 1.29 is 23.7 Å². The second kappa shape index (κ2) is 13.0. The van der Waals surface area contributed by atoms with Crippen LogP contribution in [-0.2, 0) is 23.7 Å². The van der Waals surface area contributed by atoms with E-state index in [1.807, 2.05) is 41.5 Å². The first-order valence-electron chi connectivity index (χ1n) is 11.3. The molecule has 0 saturated heterocycles. The van der Waals surface area contributed by atoms with E-state index in [0.717, 1.165) is 6.42 Å². The topological polar surface area (TPSA) is 66.0 Å². The van der Waals surface area contributed by atoms with Gasteiger partial charge in [-0.25, -0.2) is 0 Å². The van der Waals surface area contributed by atoms with Crippen LogP contribution in [0.25, 0.3) is 0 Å². The monoisotopic (exact) mass is 431 g/mol.